The molecule has 0 saturated heterocycles. The summed E-state index contributed by atoms with van der Waals surface area (Å²) in [6.45, 7) is 5.21. The number of amides is 2. The van der Waals surface area contributed by atoms with Crippen LogP contribution in [0.5, 0.6) is 0 Å². The van der Waals surface area contributed by atoms with E-state index in [-0.39, 0.29) is 11.8 Å². The van der Waals surface area contributed by atoms with Gasteiger partial charge in [0.2, 0.25) is 0 Å². The van der Waals surface area contributed by atoms with Crippen LogP contribution in [0.15, 0.2) is 107 Å². The van der Waals surface area contributed by atoms with Gasteiger partial charge in [0.1, 0.15) is 0 Å². The van der Waals surface area contributed by atoms with Crippen molar-refractivity contribution in [3.05, 3.63) is 135 Å². The molecule has 0 aliphatic carbocycles. The fourth-order valence-electron chi connectivity index (χ4n) is 4.35. The van der Waals surface area contributed by atoms with E-state index < -0.39 is 0 Å². The largest absolute Gasteiger partial charge is 0.352 e. The number of thioether (sulfide) groups is 1. The van der Waals surface area contributed by atoms with Crippen LogP contribution in [0.3, 0.4) is 0 Å². The van der Waals surface area contributed by atoms with Gasteiger partial charge >= 0.3 is 0 Å². The topological polar surface area (TPSA) is 49.4 Å². The second-order valence-corrected chi connectivity index (χ2v) is 10.7. The highest BCUT2D eigenvalue weighted by Crippen LogP contribution is 2.42. The molecule has 5 heteroatoms. The van der Waals surface area contributed by atoms with Gasteiger partial charge in [-0.1, -0.05) is 95.7 Å². The summed E-state index contributed by atoms with van der Waals surface area (Å²) < 4.78 is 0. The van der Waals surface area contributed by atoms with Crippen LogP contribution in [0.2, 0.25) is 0 Å². The Morgan fingerprint density at radius 2 is 1.45 bits per heavy atom. The van der Waals surface area contributed by atoms with Crippen LogP contribution in [0.25, 0.3) is 6.08 Å². The Balaban J connectivity index is 1.28. The Bertz CT molecular complexity index is 1470. The number of carbonyl (C=O) groups is 2. The number of nitrogens with zero attached hydrogens (tertiary/aromatic N) is 1. The SMILES string of the molecule is Cc1ccc(CCNC(=O)c2ccc(C=C3Sc4ccccc4N(Cc4ccc(C)cc4)C3=O)cc2)cc1. The van der Waals surface area contributed by atoms with E-state index in [4.69, 9.17) is 0 Å². The lowest BCUT2D eigenvalue weighted by atomic mass is 10.1. The van der Waals surface area contributed by atoms with Gasteiger partial charge in [0.15, 0.2) is 0 Å². The molecule has 1 aliphatic rings. The van der Waals surface area contributed by atoms with E-state index in [0.29, 0.717) is 23.6 Å². The molecule has 38 heavy (non-hydrogen) atoms. The fourth-order valence-corrected chi connectivity index (χ4v) is 5.41. The summed E-state index contributed by atoms with van der Waals surface area (Å²) in [4.78, 5) is 29.7. The maximum atomic E-state index is 13.6. The molecule has 0 saturated carbocycles. The second-order valence-electron chi connectivity index (χ2n) is 9.57. The van der Waals surface area contributed by atoms with Crippen LogP contribution in [-0.2, 0) is 17.8 Å². The first-order valence-corrected chi connectivity index (χ1v) is 13.6. The van der Waals surface area contributed by atoms with E-state index in [1.165, 1.54) is 28.5 Å². The van der Waals surface area contributed by atoms with Gasteiger partial charge in [-0.15, -0.1) is 0 Å². The number of benzene rings is 4. The molecule has 4 aromatic rings. The molecule has 0 radical (unpaired) electrons. The summed E-state index contributed by atoms with van der Waals surface area (Å²) in [5.74, 6) is -0.121. The van der Waals surface area contributed by atoms with Crippen LogP contribution < -0.4 is 10.2 Å². The normalized spacial score (nSPS) is 13.9. The van der Waals surface area contributed by atoms with Gasteiger partial charge in [-0.2, -0.15) is 0 Å². The lowest BCUT2D eigenvalue weighted by Gasteiger charge is -2.30. The van der Waals surface area contributed by atoms with Crippen molar-refractivity contribution in [2.24, 2.45) is 0 Å². The molecular formula is C33H30N2O2S. The molecule has 0 bridgehead atoms. The minimum absolute atomic E-state index is 0.0211. The Kier molecular flexibility index (Phi) is 7.75. The minimum Gasteiger partial charge on any atom is -0.352 e. The summed E-state index contributed by atoms with van der Waals surface area (Å²) in [5, 5.41) is 2.99. The number of anilines is 1. The Morgan fingerprint density at radius 1 is 0.816 bits per heavy atom. The third-order valence-corrected chi connectivity index (χ3v) is 7.66. The maximum absolute atomic E-state index is 13.6. The zero-order chi connectivity index (χ0) is 26.5. The predicted molar refractivity (Wildman–Crippen MR) is 156 cm³/mol. The number of aryl methyl sites for hydroxylation is 2. The number of fused-ring (bicyclic) bond motifs is 1. The Hall–Kier alpha value is -4.09. The smallest absolute Gasteiger partial charge is 0.265 e. The molecule has 0 aromatic heterocycles. The van der Waals surface area contributed by atoms with Crippen LogP contribution in [0, 0.1) is 13.8 Å². The van der Waals surface area contributed by atoms with Crippen molar-refractivity contribution in [3.8, 4) is 0 Å². The van der Waals surface area contributed by atoms with Gasteiger partial charge in [-0.25, -0.2) is 0 Å². The molecule has 0 unspecified atom stereocenters. The molecule has 4 nitrogen and oxygen atoms in total. The van der Waals surface area contributed by atoms with Gasteiger partial charge < -0.3 is 10.2 Å². The Labute approximate surface area is 228 Å². The summed E-state index contributed by atoms with van der Waals surface area (Å²) in [6.07, 6.45) is 2.69. The zero-order valence-electron chi connectivity index (χ0n) is 21.6. The molecule has 0 atom stereocenters. The highest BCUT2D eigenvalue weighted by molar-refractivity contribution is 8.04. The summed E-state index contributed by atoms with van der Waals surface area (Å²) in [5.41, 5.74) is 7.12. The van der Waals surface area contributed by atoms with E-state index in [0.717, 1.165) is 28.1 Å². The van der Waals surface area contributed by atoms with Gasteiger partial charge in [0.05, 0.1) is 17.1 Å². The lowest BCUT2D eigenvalue weighted by molar-refractivity contribution is -0.114. The quantitative estimate of drug-likeness (QED) is 0.269. The van der Waals surface area contributed by atoms with E-state index in [1.807, 2.05) is 59.5 Å². The Morgan fingerprint density at radius 3 is 2.13 bits per heavy atom. The predicted octanol–water partition coefficient (Wildman–Crippen LogP) is 6.96. The van der Waals surface area contributed by atoms with Crippen LogP contribution in [-0.4, -0.2) is 18.4 Å². The second kappa shape index (κ2) is 11.5. The van der Waals surface area contributed by atoms with Crippen molar-refractivity contribution in [2.75, 3.05) is 11.4 Å². The molecule has 5 rings (SSSR count). The van der Waals surface area contributed by atoms with Crippen molar-refractivity contribution in [1.82, 2.24) is 5.32 Å². The average Bonchev–Trinajstić information content (AvgIpc) is 2.93. The number of rotatable bonds is 7. The highest BCUT2D eigenvalue weighted by atomic mass is 32.2. The van der Waals surface area contributed by atoms with Crippen molar-refractivity contribution >= 4 is 35.3 Å². The van der Waals surface area contributed by atoms with Gasteiger partial charge in [0, 0.05) is 17.0 Å². The minimum atomic E-state index is -0.0994. The molecular weight excluding hydrogens is 488 g/mol. The monoisotopic (exact) mass is 518 g/mol. The fraction of sp³-hybridized carbons (Fsp3) is 0.152. The molecule has 2 amide bonds. The van der Waals surface area contributed by atoms with Crippen molar-refractivity contribution in [2.45, 2.75) is 31.7 Å². The van der Waals surface area contributed by atoms with Crippen LogP contribution in [0.4, 0.5) is 5.69 Å². The molecule has 1 N–H and O–H groups in total. The number of para-hydroxylation sites is 1. The third kappa shape index (κ3) is 6.06. The van der Waals surface area contributed by atoms with E-state index >= 15 is 0 Å². The van der Waals surface area contributed by atoms with Crippen molar-refractivity contribution in [1.29, 1.82) is 0 Å². The van der Waals surface area contributed by atoms with Crippen molar-refractivity contribution in [3.63, 3.8) is 0 Å². The molecule has 4 aromatic carbocycles. The number of carbonyl (C=O) groups excluding carboxylic acids is 2. The standard InChI is InChI=1S/C33H30N2O2S/c1-23-7-11-25(12-8-23)19-20-34-32(36)28-17-15-26(16-18-28)21-31-33(37)35(22-27-13-9-24(2)10-14-27)29-5-3-4-6-30(29)38-31/h3-18,21H,19-20,22H2,1-2H3,(H,34,36). The van der Waals surface area contributed by atoms with Crippen LogP contribution >= 0.6 is 11.8 Å². The van der Waals surface area contributed by atoms with Gasteiger partial charge in [-0.3, -0.25) is 9.59 Å². The number of hydrogen-bond donors (Lipinski definition) is 1. The number of nitrogens with one attached hydrogen (secondary N) is 1. The zero-order valence-corrected chi connectivity index (χ0v) is 22.4. The lowest BCUT2D eigenvalue weighted by Crippen LogP contribution is -2.33. The third-order valence-electron chi connectivity index (χ3n) is 6.58. The molecule has 190 valence electrons. The first kappa shape index (κ1) is 25.6. The molecule has 0 spiro atoms. The van der Waals surface area contributed by atoms with E-state index in [2.05, 4.69) is 67.7 Å². The van der Waals surface area contributed by atoms with Crippen molar-refractivity contribution < 1.29 is 9.59 Å². The summed E-state index contributed by atoms with van der Waals surface area (Å²) in [6, 6.07) is 32.0. The average molecular weight is 519 g/mol. The molecule has 1 aliphatic heterocycles. The summed E-state index contributed by atoms with van der Waals surface area (Å²) >= 11 is 1.49. The molecule has 1 heterocycles. The number of hydrogen-bond acceptors (Lipinski definition) is 3. The first-order chi connectivity index (χ1) is 18.5. The summed E-state index contributed by atoms with van der Waals surface area (Å²) in [7, 11) is 0. The first-order valence-electron chi connectivity index (χ1n) is 12.8. The van der Waals surface area contributed by atoms with Gasteiger partial charge in [-0.05, 0) is 67.3 Å². The molecule has 0 fully saturated rings. The van der Waals surface area contributed by atoms with E-state index in [1.54, 1.807) is 0 Å². The highest BCUT2D eigenvalue weighted by Gasteiger charge is 2.29. The van der Waals surface area contributed by atoms with Crippen LogP contribution in [0.1, 0.15) is 38.2 Å². The van der Waals surface area contributed by atoms with E-state index in [9.17, 15) is 9.59 Å². The van der Waals surface area contributed by atoms with Gasteiger partial charge in [0.25, 0.3) is 11.8 Å². The maximum Gasteiger partial charge on any atom is 0.265 e.